The topological polar surface area (TPSA) is 43.8 Å². The van der Waals surface area contributed by atoms with Gasteiger partial charge >= 0.3 is 0 Å². The van der Waals surface area contributed by atoms with Crippen LogP contribution in [0.3, 0.4) is 0 Å². The van der Waals surface area contributed by atoms with Crippen LogP contribution in [0, 0.1) is 11.6 Å². The van der Waals surface area contributed by atoms with E-state index in [4.69, 9.17) is 5.73 Å². The van der Waals surface area contributed by atoms with Crippen molar-refractivity contribution in [3.05, 3.63) is 48.0 Å². The van der Waals surface area contributed by atoms with Gasteiger partial charge in [-0.2, -0.15) is 0 Å². The van der Waals surface area contributed by atoms with Crippen molar-refractivity contribution in [1.29, 1.82) is 0 Å². The molecule has 0 radical (unpaired) electrons. The van der Waals surface area contributed by atoms with Gasteiger partial charge in [-0.1, -0.05) is 0 Å². The molecule has 0 bridgehead atoms. The molecule has 106 valence electrons. The summed E-state index contributed by atoms with van der Waals surface area (Å²) in [7, 11) is 0. The minimum Gasteiger partial charge on any atom is -0.396 e. The van der Waals surface area contributed by atoms with Crippen LogP contribution in [0.4, 0.5) is 14.5 Å². The van der Waals surface area contributed by atoms with Crippen molar-refractivity contribution in [1.82, 2.24) is 9.55 Å². The van der Waals surface area contributed by atoms with Crippen LogP contribution in [0.5, 0.6) is 0 Å². The Labute approximate surface area is 120 Å². The summed E-state index contributed by atoms with van der Waals surface area (Å²) >= 11 is 0. The van der Waals surface area contributed by atoms with Gasteiger partial charge in [0, 0.05) is 17.7 Å². The standard InChI is InChI=1S/C16H13F2N3/c17-10-3-1-9(2-4-10)16-20-14-8-13(19)12(18)7-15(14)21(16)11-5-6-11/h1-4,7-8,11H,5-6,19H2. The van der Waals surface area contributed by atoms with Gasteiger partial charge in [-0.05, 0) is 43.2 Å². The number of nitrogens with zero attached hydrogens (tertiary/aromatic N) is 2. The Kier molecular flexibility index (Phi) is 2.51. The summed E-state index contributed by atoms with van der Waals surface area (Å²) in [6.45, 7) is 0. The maximum atomic E-state index is 13.8. The average Bonchev–Trinajstić information content (AvgIpc) is 3.23. The van der Waals surface area contributed by atoms with Crippen LogP contribution in [0.1, 0.15) is 18.9 Å². The summed E-state index contributed by atoms with van der Waals surface area (Å²) < 4.78 is 28.9. The lowest BCUT2D eigenvalue weighted by Crippen LogP contribution is -1.98. The molecule has 1 heterocycles. The van der Waals surface area contributed by atoms with Gasteiger partial charge in [-0.25, -0.2) is 13.8 Å². The van der Waals surface area contributed by atoms with Crippen LogP contribution in [0.2, 0.25) is 0 Å². The van der Waals surface area contributed by atoms with E-state index >= 15 is 0 Å². The fraction of sp³-hybridized carbons (Fsp3) is 0.188. The highest BCUT2D eigenvalue weighted by Crippen LogP contribution is 2.41. The normalized spacial score (nSPS) is 14.8. The number of aromatic nitrogens is 2. The molecule has 1 aliphatic carbocycles. The molecule has 21 heavy (non-hydrogen) atoms. The quantitative estimate of drug-likeness (QED) is 0.726. The molecule has 3 aromatic rings. The van der Waals surface area contributed by atoms with E-state index in [0.29, 0.717) is 11.6 Å². The molecule has 1 aliphatic rings. The number of benzene rings is 2. The summed E-state index contributed by atoms with van der Waals surface area (Å²) in [5, 5.41) is 0. The van der Waals surface area contributed by atoms with E-state index in [1.165, 1.54) is 18.2 Å². The number of fused-ring (bicyclic) bond motifs is 1. The smallest absolute Gasteiger partial charge is 0.148 e. The molecule has 0 aliphatic heterocycles. The summed E-state index contributed by atoms with van der Waals surface area (Å²) in [5.74, 6) is 0.00979. The zero-order valence-electron chi connectivity index (χ0n) is 11.2. The molecule has 1 saturated carbocycles. The van der Waals surface area contributed by atoms with Gasteiger partial charge in [0.2, 0.25) is 0 Å². The second-order valence-corrected chi connectivity index (χ2v) is 5.41. The number of anilines is 1. The third-order valence-electron chi connectivity index (χ3n) is 3.82. The molecule has 0 amide bonds. The molecule has 5 heteroatoms. The highest BCUT2D eigenvalue weighted by Gasteiger charge is 2.29. The first kappa shape index (κ1) is 12.3. The van der Waals surface area contributed by atoms with Gasteiger partial charge in [-0.15, -0.1) is 0 Å². The van der Waals surface area contributed by atoms with E-state index < -0.39 is 5.82 Å². The van der Waals surface area contributed by atoms with Gasteiger partial charge in [0.15, 0.2) is 0 Å². The second kappa shape index (κ2) is 4.28. The monoisotopic (exact) mass is 285 g/mol. The Morgan fingerprint density at radius 2 is 1.81 bits per heavy atom. The summed E-state index contributed by atoms with van der Waals surface area (Å²) in [6, 6.07) is 9.50. The van der Waals surface area contributed by atoms with E-state index in [-0.39, 0.29) is 11.5 Å². The molecule has 3 nitrogen and oxygen atoms in total. The number of nitrogen functional groups attached to an aromatic ring is 1. The Hall–Kier alpha value is -2.43. The van der Waals surface area contributed by atoms with E-state index in [1.807, 2.05) is 4.57 Å². The van der Waals surface area contributed by atoms with E-state index in [1.54, 1.807) is 18.2 Å². The van der Waals surface area contributed by atoms with E-state index in [2.05, 4.69) is 4.98 Å². The lowest BCUT2D eigenvalue weighted by molar-refractivity contribution is 0.628. The Bertz CT molecular complexity index is 833. The molecule has 1 fully saturated rings. The molecular weight excluding hydrogens is 272 g/mol. The number of halogens is 2. The summed E-state index contributed by atoms with van der Waals surface area (Å²) in [4.78, 5) is 4.57. The van der Waals surface area contributed by atoms with Crippen LogP contribution in [-0.4, -0.2) is 9.55 Å². The first-order valence-corrected chi connectivity index (χ1v) is 6.86. The van der Waals surface area contributed by atoms with Gasteiger partial charge < -0.3 is 10.3 Å². The zero-order chi connectivity index (χ0) is 14.6. The number of hydrogen-bond donors (Lipinski definition) is 1. The molecule has 0 spiro atoms. The molecule has 0 unspecified atom stereocenters. The molecule has 2 aromatic carbocycles. The van der Waals surface area contributed by atoms with Crippen LogP contribution < -0.4 is 5.73 Å². The predicted molar refractivity (Wildman–Crippen MR) is 77.8 cm³/mol. The first-order valence-electron chi connectivity index (χ1n) is 6.86. The van der Waals surface area contributed by atoms with Crippen LogP contribution in [-0.2, 0) is 0 Å². The molecular formula is C16H13F2N3. The maximum Gasteiger partial charge on any atom is 0.148 e. The van der Waals surface area contributed by atoms with Crippen LogP contribution in [0.15, 0.2) is 36.4 Å². The van der Waals surface area contributed by atoms with Crippen molar-refractivity contribution in [2.45, 2.75) is 18.9 Å². The summed E-state index contributed by atoms with van der Waals surface area (Å²) in [5.41, 5.74) is 7.94. The fourth-order valence-electron chi connectivity index (χ4n) is 2.64. The minimum atomic E-state index is -0.435. The minimum absolute atomic E-state index is 0.0913. The highest BCUT2D eigenvalue weighted by molar-refractivity contribution is 5.84. The SMILES string of the molecule is Nc1cc2nc(-c3ccc(F)cc3)n(C3CC3)c2cc1F. The van der Waals surface area contributed by atoms with Crippen molar-refractivity contribution >= 4 is 16.7 Å². The van der Waals surface area contributed by atoms with Crippen molar-refractivity contribution in [3.8, 4) is 11.4 Å². The van der Waals surface area contributed by atoms with Crippen LogP contribution >= 0.6 is 0 Å². The van der Waals surface area contributed by atoms with Gasteiger partial charge in [-0.3, -0.25) is 0 Å². The lowest BCUT2D eigenvalue weighted by atomic mass is 10.2. The Balaban J connectivity index is 1.99. The molecule has 1 aromatic heterocycles. The van der Waals surface area contributed by atoms with E-state index in [9.17, 15) is 8.78 Å². The van der Waals surface area contributed by atoms with Gasteiger partial charge in [0.05, 0.1) is 16.7 Å². The first-order chi connectivity index (χ1) is 10.1. The average molecular weight is 285 g/mol. The number of imidazole rings is 1. The Morgan fingerprint density at radius 1 is 1.10 bits per heavy atom. The highest BCUT2D eigenvalue weighted by atomic mass is 19.1. The summed E-state index contributed by atoms with van der Waals surface area (Å²) in [6.07, 6.45) is 2.09. The molecule has 0 saturated heterocycles. The van der Waals surface area contributed by atoms with Crippen molar-refractivity contribution in [2.24, 2.45) is 0 Å². The zero-order valence-corrected chi connectivity index (χ0v) is 11.2. The van der Waals surface area contributed by atoms with Gasteiger partial charge in [0.25, 0.3) is 0 Å². The molecule has 0 atom stereocenters. The molecule has 2 N–H and O–H groups in total. The fourth-order valence-corrected chi connectivity index (χ4v) is 2.64. The molecule has 4 rings (SSSR count). The number of hydrogen-bond acceptors (Lipinski definition) is 2. The van der Waals surface area contributed by atoms with Gasteiger partial charge in [0.1, 0.15) is 17.5 Å². The largest absolute Gasteiger partial charge is 0.396 e. The Morgan fingerprint density at radius 3 is 2.48 bits per heavy atom. The third-order valence-corrected chi connectivity index (χ3v) is 3.82. The van der Waals surface area contributed by atoms with E-state index in [0.717, 1.165) is 29.7 Å². The lowest BCUT2D eigenvalue weighted by Gasteiger charge is -2.08. The maximum absolute atomic E-state index is 13.8. The second-order valence-electron chi connectivity index (χ2n) is 5.41. The van der Waals surface area contributed by atoms with Crippen LogP contribution in [0.25, 0.3) is 22.4 Å². The predicted octanol–water partition coefficient (Wildman–Crippen LogP) is 3.90. The van der Waals surface area contributed by atoms with Crippen molar-refractivity contribution in [3.63, 3.8) is 0 Å². The van der Waals surface area contributed by atoms with Crippen molar-refractivity contribution in [2.75, 3.05) is 5.73 Å². The third kappa shape index (κ3) is 1.96. The number of rotatable bonds is 2. The van der Waals surface area contributed by atoms with Crippen molar-refractivity contribution < 1.29 is 8.78 Å². The number of nitrogens with two attached hydrogens (primary N) is 1.